The lowest BCUT2D eigenvalue weighted by molar-refractivity contribution is -0.907. The molecule has 132 valence electrons. The molecule has 0 aliphatic carbocycles. The number of rotatable bonds is 5. The smallest absolute Gasteiger partial charge is 0.282 e. The number of halogens is 2. The monoisotopic (exact) mass is 381 g/mol. The second kappa shape index (κ2) is 7.52. The van der Waals surface area contributed by atoms with Gasteiger partial charge >= 0.3 is 0 Å². The van der Waals surface area contributed by atoms with E-state index in [2.05, 4.69) is 5.32 Å². The molecule has 0 saturated carbocycles. The van der Waals surface area contributed by atoms with Crippen molar-refractivity contribution in [2.45, 2.75) is 19.5 Å². The highest BCUT2D eigenvalue weighted by molar-refractivity contribution is 6.42. The summed E-state index contributed by atoms with van der Waals surface area (Å²) in [6.45, 7) is 2.67. The molecule has 7 heteroatoms. The number of anilines is 1. The van der Waals surface area contributed by atoms with E-state index in [0.29, 0.717) is 33.8 Å². The molecule has 2 N–H and O–H groups in total. The molecule has 5 nitrogen and oxygen atoms in total. The minimum absolute atomic E-state index is 0.0884. The summed E-state index contributed by atoms with van der Waals surface area (Å²) in [5.41, 5.74) is 1.59. The molecule has 0 aromatic heterocycles. The molecule has 1 aliphatic rings. The first-order chi connectivity index (χ1) is 12.0. The zero-order chi connectivity index (χ0) is 18.0. The van der Waals surface area contributed by atoms with Crippen molar-refractivity contribution < 1.29 is 19.2 Å². The molecule has 2 aromatic carbocycles. The lowest BCUT2D eigenvalue weighted by Gasteiger charge is -2.21. The zero-order valence-electron chi connectivity index (χ0n) is 13.9. The van der Waals surface area contributed by atoms with E-state index >= 15 is 0 Å². The Balaban J connectivity index is 1.64. The highest BCUT2D eigenvalue weighted by Crippen LogP contribution is 2.34. The second-order valence-corrected chi connectivity index (χ2v) is 6.80. The predicted octanol–water partition coefficient (Wildman–Crippen LogP) is 2.76. The van der Waals surface area contributed by atoms with Crippen LogP contribution in [0.1, 0.15) is 12.5 Å². The Kier molecular flexibility index (Phi) is 5.37. The number of fused-ring (bicyclic) bond motifs is 1. The van der Waals surface area contributed by atoms with Gasteiger partial charge in [-0.2, -0.15) is 0 Å². The standard InChI is InChI=1S/C18H18Cl2N2O3/c1-11(22(2)9-12-4-3-5-14(19)17(12)20)18(23)21-13-6-7-15-16(8-13)25-10-24-15/h3-8,11H,9-10H2,1-2H3,(H,21,23)/p+1/t11-/m0/s1. The molecule has 25 heavy (non-hydrogen) atoms. The molecule has 0 saturated heterocycles. The van der Waals surface area contributed by atoms with Crippen LogP contribution in [0.4, 0.5) is 5.69 Å². The number of carbonyl (C=O) groups is 1. The van der Waals surface area contributed by atoms with E-state index in [4.69, 9.17) is 32.7 Å². The number of carbonyl (C=O) groups excluding carboxylic acids is 1. The van der Waals surface area contributed by atoms with Gasteiger partial charge in [-0.25, -0.2) is 0 Å². The Hall–Kier alpha value is -1.95. The van der Waals surface area contributed by atoms with Gasteiger partial charge in [-0.1, -0.05) is 35.3 Å². The fourth-order valence-electron chi connectivity index (χ4n) is 2.59. The molecular weight excluding hydrogens is 363 g/mol. The van der Waals surface area contributed by atoms with Gasteiger partial charge in [-0.05, 0) is 25.1 Å². The van der Waals surface area contributed by atoms with E-state index in [1.54, 1.807) is 24.3 Å². The maximum atomic E-state index is 12.5. The molecule has 0 radical (unpaired) electrons. The van der Waals surface area contributed by atoms with Crippen molar-refractivity contribution in [3.63, 3.8) is 0 Å². The maximum absolute atomic E-state index is 12.5. The summed E-state index contributed by atoms with van der Waals surface area (Å²) in [4.78, 5) is 13.5. The van der Waals surface area contributed by atoms with Crippen molar-refractivity contribution >= 4 is 34.8 Å². The van der Waals surface area contributed by atoms with Crippen LogP contribution in [0.2, 0.25) is 10.0 Å². The van der Waals surface area contributed by atoms with Gasteiger partial charge in [0.1, 0.15) is 6.54 Å². The number of ether oxygens (including phenoxy) is 2. The average Bonchev–Trinajstić information content (AvgIpc) is 3.06. The molecule has 0 spiro atoms. The summed E-state index contributed by atoms with van der Waals surface area (Å²) in [6, 6.07) is 10.6. The fourth-order valence-corrected chi connectivity index (χ4v) is 2.97. The van der Waals surface area contributed by atoms with E-state index < -0.39 is 0 Å². The first kappa shape index (κ1) is 17.9. The van der Waals surface area contributed by atoms with Gasteiger partial charge < -0.3 is 19.7 Å². The maximum Gasteiger partial charge on any atom is 0.282 e. The third-order valence-corrected chi connectivity index (χ3v) is 5.13. The Labute approximate surface area is 156 Å². The zero-order valence-corrected chi connectivity index (χ0v) is 15.4. The fraction of sp³-hybridized carbons (Fsp3) is 0.278. The van der Waals surface area contributed by atoms with E-state index in [0.717, 1.165) is 10.5 Å². The van der Waals surface area contributed by atoms with Crippen molar-refractivity contribution in [3.05, 3.63) is 52.0 Å². The molecule has 1 heterocycles. The molecule has 2 atom stereocenters. The summed E-state index contributed by atoms with van der Waals surface area (Å²) < 4.78 is 10.6. The Bertz CT molecular complexity index is 798. The van der Waals surface area contributed by atoms with Crippen LogP contribution < -0.4 is 19.7 Å². The summed E-state index contributed by atoms with van der Waals surface area (Å²) >= 11 is 12.3. The van der Waals surface area contributed by atoms with Crippen LogP contribution in [0.25, 0.3) is 0 Å². The summed E-state index contributed by atoms with van der Waals surface area (Å²) in [5.74, 6) is 1.23. The van der Waals surface area contributed by atoms with Crippen molar-refractivity contribution in [2.24, 2.45) is 0 Å². The van der Waals surface area contributed by atoms with E-state index in [9.17, 15) is 4.79 Å². The molecule has 2 aromatic rings. The van der Waals surface area contributed by atoms with Gasteiger partial charge in [0, 0.05) is 17.3 Å². The molecule has 0 fully saturated rings. The summed E-state index contributed by atoms with van der Waals surface area (Å²) in [7, 11) is 1.95. The van der Waals surface area contributed by atoms with Crippen LogP contribution in [-0.2, 0) is 11.3 Å². The number of benzene rings is 2. The summed E-state index contributed by atoms with van der Waals surface area (Å²) in [5, 5.41) is 3.96. The van der Waals surface area contributed by atoms with Gasteiger partial charge in [-0.3, -0.25) is 4.79 Å². The number of amides is 1. The molecular formula is C18H19Cl2N2O3+. The van der Waals surface area contributed by atoms with Crippen LogP contribution in [0, 0.1) is 0 Å². The van der Waals surface area contributed by atoms with Gasteiger partial charge in [0.25, 0.3) is 5.91 Å². The molecule has 0 bridgehead atoms. The van der Waals surface area contributed by atoms with Crippen molar-refractivity contribution in [3.8, 4) is 11.5 Å². The quantitative estimate of drug-likeness (QED) is 0.836. The Morgan fingerprint density at radius 3 is 2.80 bits per heavy atom. The Morgan fingerprint density at radius 2 is 2.00 bits per heavy atom. The number of nitrogens with one attached hydrogen (secondary N) is 2. The predicted molar refractivity (Wildman–Crippen MR) is 97.7 cm³/mol. The van der Waals surface area contributed by atoms with Crippen LogP contribution in [0.15, 0.2) is 36.4 Å². The third kappa shape index (κ3) is 4.00. The molecule has 1 amide bonds. The third-order valence-electron chi connectivity index (χ3n) is 4.27. The highest BCUT2D eigenvalue weighted by atomic mass is 35.5. The van der Waals surface area contributed by atoms with Crippen LogP contribution in [-0.4, -0.2) is 25.8 Å². The van der Waals surface area contributed by atoms with Crippen LogP contribution in [0.3, 0.4) is 0 Å². The molecule has 3 rings (SSSR count). The first-order valence-corrected chi connectivity index (χ1v) is 8.67. The Morgan fingerprint density at radius 1 is 1.24 bits per heavy atom. The summed E-state index contributed by atoms with van der Waals surface area (Å²) in [6.07, 6.45) is 0. The largest absolute Gasteiger partial charge is 0.454 e. The van der Waals surface area contributed by atoms with E-state index in [-0.39, 0.29) is 18.7 Å². The van der Waals surface area contributed by atoms with Gasteiger partial charge in [0.15, 0.2) is 17.5 Å². The minimum atomic E-state index is -0.277. The minimum Gasteiger partial charge on any atom is -0.454 e. The number of quaternary nitrogens is 1. The van der Waals surface area contributed by atoms with E-state index in [1.807, 2.05) is 26.1 Å². The van der Waals surface area contributed by atoms with Gasteiger partial charge in [0.2, 0.25) is 6.79 Å². The number of hydrogen-bond acceptors (Lipinski definition) is 3. The van der Waals surface area contributed by atoms with Gasteiger partial charge in [-0.15, -0.1) is 0 Å². The van der Waals surface area contributed by atoms with Crippen molar-refractivity contribution in [1.29, 1.82) is 0 Å². The number of likely N-dealkylation sites (N-methyl/N-ethyl adjacent to an activating group) is 1. The number of hydrogen-bond donors (Lipinski definition) is 2. The first-order valence-electron chi connectivity index (χ1n) is 7.91. The van der Waals surface area contributed by atoms with Crippen LogP contribution >= 0.6 is 23.2 Å². The normalized spacial score (nSPS) is 14.9. The molecule has 1 unspecified atom stereocenters. The van der Waals surface area contributed by atoms with E-state index in [1.165, 1.54) is 0 Å². The van der Waals surface area contributed by atoms with Crippen molar-refractivity contribution in [1.82, 2.24) is 0 Å². The average molecular weight is 382 g/mol. The van der Waals surface area contributed by atoms with Crippen molar-refractivity contribution in [2.75, 3.05) is 19.2 Å². The lowest BCUT2D eigenvalue weighted by atomic mass is 10.1. The lowest BCUT2D eigenvalue weighted by Crippen LogP contribution is -3.12. The second-order valence-electron chi connectivity index (χ2n) is 6.02. The van der Waals surface area contributed by atoms with Crippen LogP contribution in [0.5, 0.6) is 11.5 Å². The highest BCUT2D eigenvalue weighted by Gasteiger charge is 2.24. The van der Waals surface area contributed by atoms with Gasteiger partial charge in [0.05, 0.1) is 17.1 Å². The molecule has 1 aliphatic heterocycles. The SMILES string of the molecule is C[C@@H](C(=O)Nc1ccc2c(c1)OCO2)[NH+](C)Cc1cccc(Cl)c1Cl. The topological polar surface area (TPSA) is 52.0 Å².